The number of nitrogens with zero attached hydrogens (tertiary/aromatic N) is 7. The van der Waals surface area contributed by atoms with Crippen LogP contribution < -0.4 is 4.90 Å². The molecule has 1 unspecified atom stereocenters. The molecule has 3 aromatic heterocycles. The van der Waals surface area contributed by atoms with Gasteiger partial charge in [0.15, 0.2) is 5.65 Å². The lowest BCUT2D eigenvalue weighted by atomic mass is 9.97. The van der Waals surface area contributed by atoms with Crippen LogP contribution in [0.4, 0.5) is 19.0 Å². The Morgan fingerprint density at radius 3 is 2.73 bits per heavy atom. The van der Waals surface area contributed by atoms with E-state index in [2.05, 4.69) is 20.4 Å². The zero-order chi connectivity index (χ0) is 18.5. The van der Waals surface area contributed by atoms with Gasteiger partial charge >= 0.3 is 6.18 Å². The summed E-state index contributed by atoms with van der Waals surface area (Å²) >= 11 is 0. The van der Waals surface area contributed by atoms with Gasteiger partial charge in [-0.15, -0.1) is 15.3 Å². The van der Waals surface area contributed by atoms with Crippen LogP contribution in [0.1, 0.15) is 18.3 Å². The van der Waals surface area contributed by atoms with Crippen molar-refractivity contribution >= 4 is 11.5 Å². The Bertz CT molecular complexity index is 950. The summed E-state index contributed by atoms with van der Waals surface area (Å²) < 4.78 is 47.5. The standard InChI is InChI=1S/C15H16F3N7O/c1-14(10-7-19-23(2)8-10)9-24(5-6-26-14)12-4-3-11-20-21-13(15(16,17)18)25(11)22-12/h3-4,7-8H,5-6,9H2,1-2H3. The highest BCUT2D eigenvalue weighted by molar-refractivity contribution is 5.47. The van der Waals surface area contributed by atoms with Crippen molar-refractivity contribution in [2.24, 2.45) is 7.05 Å². The zero-order valence-electron chi connectivity index (χ0n) is 14.1. The van der Waals surface area contributed by atoms with Crippen LogP contribution in [-0.4, -0.2) is 49.3 Å². The van der Waals surface area contributed by atoms with E-state index in [1.165, 1.54) is 6.07 Å². The normalized spacial score (nSPS) is 21.5. The van der Waals surface area contributed by atoms with Crippen LogP contribution in [-0.2, 0) is 23.6 Å². The highest BCUT2D eigenvalue weighted by Crippen LogP contribution is 2.32. The van der Waals surface area contributed by atoms with Gasteiger partial charge in [-0.2, -0.15) is 22.8 Å². The number of aryl methyl sites for hydroxylation is 1. The van der Waals surface area contributed by atoms with Gasteiger partial charge < -0.3 is 9.64 Å². The van der Waals surface area contributed by atoms with Crippen molar-refractivity contribution in [2.75, 3.05) is 24.6 Å². The molecule has 0 aliphatic carbocycles. The monoisotopic (exact) mass is 367 g/mol. The molecule has 0 bridgehead atoms. The molecule has 1 aliphatic rings. The molecule has 4 heterocycles. The predicted octanol–water partition coefficient (Wildman–Crippen LogP) is 1.63. The summed E-state index contributed by atoms with van der Waals surface area (Å²) in [5.41, 5.74) is 0.304. The Kier molecular flexibility index (Phi) is 3.65. The molecule has 0 N–H and O–H groups in total. The van der Waals surface area contributed by atoms with Crippen LogP contribution in [0.15, 0.2) is 24.5 Å². The average Bonchev–Trinajstić information content (AvgIpc) is 3.20. The Morgan fingerprint density at radius 1 is 1.23 bits per heavy atom. The van der Waals surface area contributed by atoms with Gasteiger partial charge in [0.25, 0.3) is 5.82 Å². The average molecular weight is 367 g/mol. The van der Waals surface area contributed by atoms with Gasteiger partial charge in [0.2, 0.25) is 0 Å². The van der Waals surface area contributed by atoms with Gasteiger partial charge in [0.05, 0.1) is 19.3 Å². The van der Waals surface area contributed by atoms with Crippen LogP contribution >= 0.6 is 0 Å². The highest BCUT2D eigenvalue weighted by atomic mass is 19.4. The number of anilines is 1. The summed E-state index contributed by atoms with van der Waals surface area (Å²) in [6, 6.07) is 3.11. The fourth-order valence-corrected chi connectivity index (χ4v) is 3.06. The minimum absolute atomic E-state index is 0.0457. The Labute approximate surface area is 146 Å². The van der Waals surface area contributed by atoms with Crippen LogP contribution in [0.25, 0.3) is 5.65 Å². The third kappa shape index (κ3) is 2.77. The zero-order valence-corrected chi connectivity index (χ0v) is 14.1. The van der Waals surface area contributed by atoms with E-state index < -0.39 is 17.6 Å². The molecule has 3 aromatic rings. The Balaban J connectivity index is 1.68. The van der Waals surface area contributed by atoms with Gasteiger partial charge in [-0.3, -0.25) is 4.68 Å². The molecule has 1 saturated heterocycles. The molecule has 1 fully saturated rings. The Hall–Kier alpha value is -2.69. The van der Waals surface area contributed by atoms with Crippen molar-refractivity contribution in [3.8, 4) is 0 Å². The number of rotatable bonds is 2. The van der Waals surface area contributed by atoms with E-state index in [1.54, 1.807) is 16.9 Å². The first-order valence-corrected chi connectivity index (χ1v) is 7.94. The predicted molar refractivity (Wildman–Crippen MR) is 84.5 cm³/mol. The lowest BCUT2D eigenvalue weighted by Crippen LogP contribution is -2.48. The molecule has 26 heavy (non-hydrogen) atoms. The van der Waals surface area contributed by atoms with Gasteiger partial charge in [0, 0.05) is 25.4 Å². The lowest BCUT2D eigenvalue weighted by Gasteiger charge is -2.40. The first-order valence-electron chi connectivity index (χ1n) is 7.94. The number of ether oxygens (including phenoxy) is 1. The van der Waals surface area contributed by atoms with Crippen molar-refractivity contribution in [2.45, 2.75) is 18.7 Å². The molecule has 1 aliphatic heterocycles. The summed E-state index contributed by atoms with van der Waals surface area (Å²) in [5, 5.41) is 15.0. The van der Waals surface area contributed by atoms with Crippen molar-refractivity contribution in [1.29, 1.82) is 0 Å². The van der Waals surface area contributed by atoms with Gasteiger partial charge in [0.1, 0.15) is 11.4 Å². The molecular weight excluding hydrogens is 351 g/mol. The summed E-state index contributed by atoms with van der Waals surface area (Å²) in [6.07, 6.45) is -1.04. The topological polar surface area (TPSA) is 73.4 Å². The molecule has 1 atom stereocenters. The number of fused-ring (bicyclic) bond motifs is 1. The highest BCUT2D eigenvalue weighted by Gasteiger charge is 2.39. The number of hydrogen-bond donors (Lipinski definition) is 0. The van der Waals surface area contributed by atoms with E-state index >= 15 is 0 Å². The third-order valence-corrected chi connectivity index (χ3v) is 4.42. The summed E-state index contributed by atoms with van der Waals surface area (Å²) in [4.78, 5) is 1.89. The molecule has 4 rings (SSSR count). The molecule has 0 spiro atoms. The molecular formula is C15H16F3N7O. The van der Waals surface area contributed by atoms with E-state index in [0.29, 0.717) is 25.5 Å². The second-order valence-corrected chi connectivity index (χ2v) is 6.39. The molecule has 0 radical (unpaired) electrons. The van der Waals surface area contributed by atoms with E-state index in [0.717, 1.165) is 10.1 Å². The molecule has 11 heteroatoms. The van der Waals surface area contributed by atoms with Crippen LogP contribution in [0.5, 0.6) is 0 Å². The molecule has 138 valence electrons. The fourth-order valence-electron chi connectivity index (χ4n) is 3.06. The van der Waals surface area contributed by atoms with Crippen LogP contribution in [0.3, 0.4) is 0 Å². The van der Waals surface area contributed by atoms with Gasteiger partial charge in [-0.25, -0.2) is 0 Å². The Morgan fingerprint density at radius 2 is 2.04 bits per heavy atom. The lowest BCUT2D eigenvalue weighted by molar-refractivity contribution is -0.146. The third-order valence-electron chi connectivity index (χ3n) is 4.42. The van der Waals surface area contributed by atoms with Crippen molar-refractivity contribution in [1.82, 2.24) is 29.6 Å². The largest absolute Gasteiger partial charge is 0.453 e. The maximum absolute atomic E-state index is 13.1. The number of halogens is 3. The van der Waals surface area contributed by atoms with E-state index in [4.69, 9.17) is 4.74 Å². The summed E-state index contributed by atoms with van der Waals surface area (Å²) in [7, 11) is 1.81. The smallest absolute Gasteiger partial charge is 0.367 e. The van der Waals surface area contributed by atoms with Gasteiger partial charge in [-0.05, 0) is 19.1 Å². The maximum atomic E-state index is 13.1. The second kappa shape index (κ2) is 5.66. The van der Waals surface area contributed by atoms with E-state index in [9.17, 15) is 13.2 Å². The second-order valence-electron chi connectivity index (χ2n) is 6.39. The number of aromatic nitrogens is 6. The fraction of sp³-hybridized carbons (Fsp3) is 0.467. The maximum Gasteiger partial charge on any atom is 0.453 e. The minimum Gasteiger partial charge on any atom is -0.367 e. The van der Waals surface area contributed by atoms with E-state index in [1.807, 2.05) is 25.1 Å². The van der Waals surface area contributed by atoms with Gasteiger partial charge in [-0.1, -0.05) is 0 Å². The van der Waals surface area contributed by atoms with Crippen molar-refractivity contribution < 1.29 is 17.9 Å². The molecule has 0 amide bonds. The molecule has 8 nitrogen and oxygen atoms in total. The van der Waals surface area contributed by atoms with E-state index in [-0.39, 0.29) is 5.65 Å². The summed E-state index contributed by atoms with van der Waals surface area (Å²) in [6.45, 7) is 3.28. The SMILES string of the molecule is Cn1cc(C2(C)CN(c3ccc4nnc(C(F)(F)F)n4n3)CCO2)cn1. The van der Waals surface area contributed by atoms with Crippen molar-refractivity contribution in [3.63, 3.8) is 0 Å². The minimum atomic E-state index is -4.62. The summed E-state index contributed by atoms with van der Waals surface area (Å²) in [5.74, 6) is -0.737. The van der Waals surface area contributed by atoms with Crippen LogP contribution in [0.2, 0.25) is 0 Å². The number of hydrogen-bond acceptors (Lipinski definition) is 6. The number of morpholine rings is 1. The quantitative estimate of drug-likeness (QED) is 0.686. The van der Waals surface area contributed by atoms with Crippen molar-refractivity contribution in [3.05, 3.63) is 35.9 Å². The first-order chi connectivity index (χ1) is 12.3. The molecule has 0 aromatic carbocycles. The first kappa shape index (κ1) is 16.8. The van der Waals surface area contributed by atoms with Crippen LogP contribution in [0, 0.1) is 0 Å². The molecule has 0 saturated carbocycles. The number of alkyl halides is 3.